The SMILES string of the molecule is O=C(NCCC(=O)N1CCN(Cc2ccc(Cl)s2)CC1)c1cccs1. The van der Waals surface area contributed by atoms with Gasteiger partial charge in [-0.25, -0.2) is 0 Å². The van der Waals surface area contributed by atoms with E-state index in [1.165, 1.54) is 16.2 Å². The van der Waals surface area contributed by atoms with Crippen LogP contribution in [0.4, 0.5) is 0 Å². The number of nitrogens with zero attached hydrogens (tertiary/aromatic N) is 2. The Balaban J connectivity index is 1.36. The molecule has 1 aliphatic rings. The van der Waals surface area contributed by atoms with E-state index in [9.17, 15) is 9.59 Å². The number of piperazine rings is 1. The van der Waals surface area contributed by atoms with Gasteiger partial charge in [-0.1, -0.05) is 17.7 Å². The number of carbonyl (C=O) groups excluding carboxylic acids is 2. The molecule has 25 heavy (non-hydrogen) atoms. The lowest BCUT2D eigenvalue weighted by atomic mass is 10.2. The van der Waals surface area contributed by atoms with Crippen LogP contribution in [0.25, 0.3) is 0 Å². The average molecular weight is 398 g/mol. The van der Waals surface area contributed by atoms with Crippen molar-refractivity contribution in [3.63, 3.8) is 0 Å². The van der Waals surface area contributed by atoms with Crippen molar-refractivity contribution in [2.24, 2.45) is 0 Å². The molecule has 1 N–H and O–H groups in total. The number of nitrogens with one attached hydrogen (secondary N) is 1. The first kappa shape index (κ1) is 18.4. The summed E-state index contributed by atoms with van der Waals surface area (Å²) in [7, 11) is 0. The van der Waals surface area contributed by atoms with Crippen LogP contribution >= 0.6 is 34.3 Å². The zero-order valence-corrected chi connectivity index (χ0v) is 16.1. The van der Waals surface area contributed by atoms with Gasteiger partial charge < -0.3 is 10.2 Å². The van der Waals surface area contributed by atoms with E-state index >= 15 is 0 Å². The molecule has 2 amide bonds. The Bertz CT molecular complexity index is 709. The molecule has 0 aromatic carbocycles. The molecule has 3 rings (SSSR count). The number of rotatable bonds is 6. The molecular formula is C17H20ClN3O2S2. The normalized spacial score (nSPS) is 15.3. The molecule has 1 aliphatic heterocycles. The summed E-state index contributed by atoms with van der Waals surface area (Å²) in [6.07, 6.45) is 0.345. The molecule has 1 fully saturated rings. The van der Waals surface area contributed by atoms with Gasteiger partial charge in [0.2, 0.25) is 5.91 Å². The second-order valence-electron chi connectivity index (χ2n) is 5.85. The summed E-state index contributed by atoms with van der Waals surface area (Å²) >= 11 is 8.97. The predicted octanol–water partition coefficient (Wildman–Crippen LogP) is 2.93. The first-order valence-corrected chi connectivity index (χ1v) is 10.3. The van der Waals surface area contributed by atoms with Crippen LogP contribution in [0, 0.1) is 0 Å². The standard InChI is InChI=1S/C17H20ClN3O2S2/c18-15-4-3-13(25-15)12-20-7-9-21(10-8-20)16(22)5-6-19-17(23)14-2-1-11-24-14/h1-4,11H,5-10,12H2,(H,19,23). The molecule has 0 atom stereocenters. The summed E-state index contributed by atoms with van der Waals surface area (Å²) in [5, 5.41) is 4.67. The van der Waals surface area contributed by atoms with Crippen molar-refractivity contribution in [3.8, 4) is 0 Å². The summed E-state index contributed by atoms with van der Waals surface area (Å²) in [6, 6.07) is 7.60. The van der Waals surface area contributed by atoms with E-state index in [-0.39, 0.29) is 11.8 Å². The summed E-state index contributed by atoms with van der Waals surface area (Å²) in [6.45, 7) is 4.46. The van der Waals surface area contributed by atoms with Crippen LogP contribution in [-0.2, 0) is 11.3 Å². The van der Waals surface area contributed by atoms with Crippen molar-refractivity contribution in [2.75, 3.05) is 32.7 Å². The molecule has 8 heteroatoms. The lowest BCUT2D eigenvalue weighted by Crippen LogP contribution is -2.48. The fourth-order valence-electron chi connectivity index (χ4n) is 2.75. The number of hydrogen-bond donors (Lipinski definition) is 1. The molecule has 0 spiro atoms. The molecule has 0 aliphatic carbocycles. The fourth-order valence-corrected chi connectivity index (χ4v) is 4.52. The van der Waals surface area contributed by atoms with Crippen molar-refractivity contribution < 1.29 is 9.59 Å². The maximum absolute atomic E-state index is 12.3. The zero-order valence-electron chi connectivity index (χ0n) is 13.7. The van der Waals surface area contributed by atoms with Gasteiger partial charge in [0.1, 0.15) is 0 Å². The quantitative estimate of drug-likeness (QED) is 0.815. The van der Waals surface area contributed by atoms with Crippen LogP contribution in [0.2, 0.25) is 4.34 Å². The van der Waals surface area contributed by atoms with E-state index in [4.69, 9.17) is 11.6 Å². The van der Waals surface area contributed by atoms with Crippen molar-refractivity contribution in [2.45, 2.75) is 13.0 Å². The third-order valence-corrected chi connectivity index (χ3v) is 6.19. The Morgan fingerprint density at radius 1 is 1.16 bits per heavy atom. The molecule has 0 radical (unpaired) electrons. The van der Waals surface area contributed by atoms with Crippen LogP contribution in [0.1, 0.15) is 21.0 Å². The maximum atomic E-state index is 12.3. The number of amides is 2. The van der Waals surface area contributed by atoms with Gasteiger partial charge in [-0.2, -0.15) is 0 Å². The number of carbonyl (C=O) groups is 2. The third-order valence-electron chi connectivity index (χ3n) is 4.10. The minimum Gasteiger partial charge on any atom is -0.351 e. The number of thiophene rings is 2. The fraction of sp³-hybridized carbons (Fsp3) is 0.412. The highest BCUT2D eigenvalue weighted by Gasteiger charge is 2.21. The van der Waals surface area contributed by atoms with Gasteiger partial charge in [0.25, 0.3) is 5.91 Å². The average Bonchev–Trinajstić information content (AvgIpc) is 3.27. The monoisotopic (exact) mass is 397 g/mol. The summed E-state index contributed by atoms with van der Waals surface area (Å²) in [5.74, 6) is -0.00692. The van der Waals surface area contributed by atoms with Gasteiger partial charge in [-0.3, -0.25) is 14.5 Å². The Hall–Kier alpha value is -1.41. The molecule has 5 nitrogen and oxygen atoms in total. The lowest BCUT2D eigenvalue weighted by Gasteiger charge is -2.34. The lowest BCUT2D eigenvalue weighted by molar-refractivity contribution is -0.132. The van der Waals surface area contributed by atoms with E-state index in [0.29, 0.717) is 17.8 Å². The van der Waals surface area contributed by atoms with Crippen molar-refractivity contribution in [1.29, 1.82) is 0 Å². The van der Waals surface area contributed by atoms with Crippen LogP contribution < -0.4 is 5.32 Å². The highest BCUT2D eigenvalue weighted by molar-refractivity contribution is 7.16. The minimum absolute atomic E-state index is 0.102. The van der Waals surface area contributed by atoms with E-state index < -0.39 is 0 Å². The molecule has 2 aromatic rings. The van der Waals surface area contributed by atoms with Gasteiger partial charge >= 0.3 is 0 Å². The van der Waals surface area contributed by atoms with E-state index in [0.717, 1.165) is 37.1 Å². The third kappa shape index (κ3) is 5.28. The number of halogens is 1. The predicted molar refractivity (Wildman–Crippen MR) is 102 cm³/mol. The molecule has 0 unspecified atom stereocenters. The smallest absolute Gasteiger partial charge is 0.261 e. The Kier molecular flexibility index (Phi) is 6.47. The van der Waals surface area contributed by atoms with Crippen molar-refractivity contribution in [1.82, 2.24) is 15.1 Å². The minimum atomic E-state index is -0.109. The molecule has 134 valence electrons. The molecule has 2 aromatic heterocycles. The second kappa shape index (κ2) is 8.80. The van der Waals surface area contributed by atoms with Crippen LogP contribution in [0.3, 0.4) is 0 Å². The van der Waals surface area contributed by atoms with Crippen LogP contribution in [-0.4, -0.2) is 54.3 Å². The summed E-state index contributed by atoms with van der Waals surface area (Å²) in [5.41, 5.74) is 0. The largest absolute Gasteiger partial charge is 0.351 e. The molecular weight excluding hydrogens is 378 g/mol. The van der Waals surface area contributed by atoms with Gasteiger partial charge in [0.05, 0.1) is 9.21 Å². The van der Waals surface area contributed by atoms with Gasteiger partial charge in [-0.05, 0) is 23.6 Å². The topological polar surface area (TPSA) is 52.7 Å². The Morgan fingerprint density at radius 3 is 2.60 bits per heavy atom. The molecule has 1 saturated heterocycles. The van der Waals surface area contributed by atoms with E-state index in [2.05, 4.69) is 16.3 Å². The van der Waals surface area contributed by atoms with E-state index in [1.807, 2.05) is 22.4 Å². The van der Waals surface area contributed by atoms with Crippen LogP contribution in [0.5, 0.6) is 0 Å². The van der Waals surface area contributed by atoms with Crippen molar-refractivity contribution in [3.05, 3.63) is 43.7 Å². The molecule has 3 heterocycles. The molecule has 0 saturated carbocycles. The highest BCUT2D eigenvalue weighted by atomic mass is 35.5. The maximum Gasteiger partial charge on any atom is 0.261 e. The molecule has 0 bridgehead atoms. The van der Waals surface area contributed by atoms with E-state index in [1.54, 1.807) is 17.4 Å². The first-order valence-electron chi connectivity index (χ1n) is 8.18. The van der Waals surface area contributed by atoms with Gasteiger partial charge in [-0.15, -0.1) is 22.7 Å². The van der Waals surface area contributed by atoms with Gasteiger partial charge in [0, 0.05) is 50.6 Å². The summed E-state index contributed by atoms with van der Waals surface area (Å²) in [4.78, 5) is 30.3. The number of hydrogen-bond acceptors (Lipinski definition) is 5. The van der Waals surface area contributed by atoms with Gasteiger partial charge in [0.15, 0.2) is 0 Å². The summed E-state index contributed by atoms with van der Waals surface area (Å²) < 4.78 is 0.813. The van der Waals surface area contributed by atoms with Crippen LogP contribution in [0.15, 0.2) is 29.6 Å². The Labute approximate surface area is 160 Å². The van der Waals surface area contributed by atoms with Crippen molar-refractivity contribution >= 4 is 46.1 Å². The Morgan fingerprint density at radius 2 is 1.96 bits per heavy atom. The highest BCUT2D eigenvalue weighted by Crippen LogP contribution is 2.23. The second-order valence-corrected chi connectivity index (χ2v) is 8.59. The first-order chi connectivity index (χ1) is 12.1. The zero-order chi connectivity index (χ0) is 17.6.